The molecule has 0 bridgehead atoms. The number of ether oxygens (including phenoxy) is 2. The van der Waals surface area contributed by atoms with Crippen LogP contribution in [0, 0.1) is 6.92 Å². The van der Waals surface area contributed by atoms with Gasteiger partial charge >= 0.3 is 0 Å². The number of phenols is 1. The second-order valence-corrected chi connectivity index (χ2v) is 9.48. The molecule has 7 nitrogen and oxygen atoms in total. The fraction of sp³-hybridized carbons (Fsp3) is 0.423. The van der Waals surface area contributed by atoms with Crippen LogP contribution in [0.5, 0.6) is 17.2 Å². The lowest BCUT2D eigenvalue weighted by molar-refractivity contribution is 0.153. The average Bonchev–Trinajstić information content (AvgIpc) is 2.84. The van der Waals surface area contributed by atoms with Crippen molar-refractivity contribution in [3.8, 4) is 17.2 Å². The van der Waals surface area contributed by atoms with Gasteiger partial charge in [-0.25, -0.2) is 0 Å². The minimum atomic E-state index is -0.00958. The zero-order chi connectivity index (χ0) is 23.7. The van der Waals surface area contributed by atoms with Crippen LogP contribution in [0.4, 0.5) is 0 Å². The summed E-state index contributed by atoms with van der Waals surface area (Å²) in [5.74, 6) is 1.87. The number of aromatic hydroxyl groups is 1. The van der Waals surface area contributed by atoms with Crippen LogP contribution in [0.25, 0.3) is 10.9 Å². The van der Waals surface area contributed by atoms with Gasteiger partial charge in [-0.3, -0.25) is 4.79 Å². The van der Waals surface area contributed by atoms with E-state index < -0.39 is 0 Å². The van der Waals surface area contributed by atoms with Crippen molar-refractivity contribution in [1.29, 1.82) is 0 Å². The summed E-state index contributed by atoms with van der Waals surface area (Å²) in [7, 11) is 2.20. The smallest absolute Gasteiger partial charge is 0.251 e. The lowest BCUT2D eigenvalue weighted by Gasteiger charge is -2.37. The van der Waals surface area contributed by atoms with Gasteiger partial charge in [0.15, 0.2) is 19.5 Å². The Bertz CT molecular complexity index is 1240. The third-order valence-corrected chi connectivity index (χ3v) is 7.16. The molecule has 8 heteroatoms. The SMILES string of the molecule is BN(Cc1ccc2c(c1)OCCO2)C1CCN(CCn2c(=O)cc(C)c3ccc(O)cc32)CC1. The van der Waals surface area contributed by atoms with Crippen molar-refractivity contribution in [2.75, 3.05) is 32.8 Å². The molecule has 1 N–H and O–H groups in total. The molecule has 0 saturated carbocycles. The van der Waals surface area contributed by atoms with Crippen molar-refractivity contribution in [3.05, 3.63) is 63.9 Å². The Balaban J connectivity index is 1.17. The van der Waals surface area contributed by atoms with E-state index in [0.29, 0.717) is 25.8 Å². The summed E-state index contributed by atoms with van der Waals surface area (Å²) in [4.78, 5) is 17.6. The lowest BCUT2D eigenvalue weighted by Crippen LogP contribution is -2.44. The third-order valence-electron chi connectivity index (χ3n) is 7.16. The molecule has 34 heavy (non-hydrogen) atoms. The fourth-order valence-electron chi connectivity index (χ4n) is 5.20. The number of likely N-dealkylation sites (tertiary alicyclic amines) is 1. The first kappa shape index (κ1) is 22.8. The van der Waals surface area contributed by atoms with E-state index in [9.17, 15) is 9.90 Å². The Kier molecular flexibility index (Phi) is 6.52. The third kappa shape index (κ3) is 4.79. The minimum absolute atomic E-state index is 0.00958. The van der Waals surface area contributed by atoms with E-state index in [2.05, 4.69) is 29.8 Å². The first-order valence-electron chi connectivity index (χ1n) is 12.1. The molecule has 0 unspecified atom stereocenters. The first-order valence-corrected chi connectivity index (χ1v) is 12.1. The first-order chi connectivity index (χ1) is 16.5. The highest BCUT2D eigenvalue weighted by Gasteiger charge is 2.23. The van der Waals surface area contributed by atoms with Gasteiger partial charge in [0.05, 0.1) is 5.52 Å². The number of aromatic nitrogens is 1. The van der Waals surface area contributed by atoms with Crippen LogP contribution < -0.4 is 15.0 Å². The number of phenolic OH excluding ortho intramolecular Hbond substituents is 1. The number of benzene rings is 2. The van der Waals surface area contributed by atoms with Crippen LogP contribution in [0.1, 0.15) is 24.0 Å². The van der Waals surface area contributed by atoms with E-state index in [1.807, 2.05) is 19.1 Å². The Morgan fingerprint density at radius 3 is 2.59 bits per heavy atom. The number of fused-ring (bicyclic) bond motifs is 2. The molecule has 2 aliphatic rings. The van der Waals surface area contributed by atoms with Gasteiger partial charge < -0.3 is 28.9 Å². The highest BCUT2D eigenvalue weighted by atomic mass is 16.6. The van der Waals surface area contributed by atoms with Gasteiger partial charge in [-0.15, -0.1) is 0 Å². The molecule has 0 atom stereocenters. The maximum Gasteiger partial charge on any atom is 0.251 e. The van der Waals surface area contributed by atoms with Crippen molar-refractivity contribution >= 4 is 18.9 Å². The van der Waals surface area contributed by atoms with E-state index in [-0.39, 0.29) is 11.3 Å². The molecule has 2 aromatic carbocycles. The summed E-state index contributed by atoms with van der Waals surface area (Å²) < 4.78 is 13.2. The number of hydrogen-bond acceptors (Lipinski definition) is 6. The second-order valence-electron chi connectivity index (χ2n) is 9.48. The van der Waals surface area contributed by atoms with E-state index in [0.717, 1.165) is 67.0 Å². The van der Waals surface area contributed by atoms with E-state index in [4.69, 9.17) is 9.47 Å². The number of pyridine rings is 1. The van der Waals surface area contributed by atoms with Gasteiger partial charge in [-0.05, 0) is 68.2 Å². The molecule has 1 fully saturated rings. The predicted molar refractivity (Wildman–Crippen MR) is 136 cm³/mol. The largest absolute Gasteiger partial charge is 0.508 e. The average molecular weight is 461 g/mol. The second kappa shape index (κ2) is 9.72. The normalized spacial score (nSPS) is 16.9. The monoisotopic (exact) mass is 461 g/mol. The molecule has 2 aliphatic heterocycles. The number of aryl methyl sites for hydroxylation is 1. The van der Waals surface area contributed by atoms with Gasteiger partial charge in [0.25, 0.3) is 5.56 Å². The molecule has 0 aliphatic carbocycles. The van der Waals surface area contributed by atoms with Crippen LogP contribution in [0.2, 0.25) is 0 Å². The fourth-order valence-corrected chi connectivity index (χ4v) is 5.20. The van der Waals surface area contributed by atoms with E-state index in [1.165, 1.54) is 5.56 Å². The zero-order valence-corrected chi connectivity index (χ0v) is 20.0. The molecule has 0 radical (unpaired) electrons. The van der Waals surface area contributed by atoms with Crippen LogP contribution in [-0.2, 0) is 13.1 Å². The zero-order valence-electron chi connectivity index (χ0n) is 20.0. The molecule has 0 spiro atoms. The highest BCUT2D eigenvalue weighted by molar-refractivity contribution is 6.04. The van der Waals surface area contributed by atoms with Gasteiger partial charge in [-0.1, -0.05) is 6.07 Å². The van der Waals surface area contributed by atoms with E-state index >= 15 is 0 Å². The van der Waals surface area contributed by atoms with Gasteiger partial charge in [0, 0.05) is 43.2 Å². The number of rotatable bonds is 6. The quantitative estimate of drug-likeness (QED) is 0.569. The maximum absolute atomic E-state index is 12.7. The Labute approximate surface area is 200 Å². The number of piperidine rings is 1. The summed E-state index contributed by atoms with van der Waals surface area (Å²) in [5, 5.41) is 11.0. The molecule has 178 valence electrons. The number of nitrogens with zero attached hydrogens (tertiary/aromatic N) is 3. The Hall–Kier alpha value is -2.97. The van der Waals surface area contributed by atoms with Crippen LogP contribution in [-0.4, -0.2) is 66.3 Å². The van der Waals surface area contributed by atoms with Crippen LogP contribution in [0.3, 0.4) is 0 Å². The van der Waals surface area contributed by atoms with Crippen LogP contribution >= 0.6 is 0 Å². The summed E-state index contributed by atoms with van der Waals surface area (Å²) in [6, 6.07) is 13.7. The van der Waals surface area contributed by atoms with Gasteiger partial charge in [-0.2, -0.15) is 0 Å². The topological polar surface area (TPSA) is 67.2 Å². The van der Waals surface area contributed by atoms with Crippen molar-refractivity contribution in [3.63, 3.8) is 0 Å². The molecule has 1 aromatic heterocycles. The Morgan fingerprint density at radius 2 is 1.79 bits per heavy atom. The summed E-state index contributed by atoms with van der Waals surface area (Å²) in [5.41, 5.74) is 2.98. The Morgan fingerprint density at radius 1 is 1.03 bits per heavy atom. The van der Waals surface area contributed by atoms with Crippen molar-refractivity contribution in [2.45, 2.75) is 38.9 Å². The molecule has 1 saturated heterocycles. The summed E-state index contributed by atoms with van der Waals surface area (Å²) in [6.45, 7) is 7.52. The maximum atomic E-state index is 12.7. The minimum Gasteiger partial charge on any atom is -0.508 e. The van der Waals surface area contributed by atoms with Crippen molar-refractivity contribution in [2.24, 2.45) is 0 Å². The lowest BCUT2D eigenvalue weighted by atomic mass is 9.99. The van der Waals surface area contributed by atoms with E-state index in [1.54, 1.807) is 22.8 Å². The van der Waals surface area contributed by atoms with Crippen molar-refractivity contribution in [1.82, 2.24) is 14.3 Å². The molecule has 3 aromatic rings. The summed E-state index contributed by atoms with van der Waals surface area (Å²) >= 11 is 0. The highest BCUT2D eigenvalue weighted by Crippen LogP contribution is 2.31. The molecular formula is C26H32BN3O4. The molecule has 3 heterocycles. The summed E-state index contributed by atoms with van der Waals surface area (Å²) in [6.07, 6.45) is 2.21. The molecule has 5 rings (SSSR count). The predicted octanol–water partition coefficient (Wildman–Crippen LogP) is 2.30. The number of hydrogen-bond donors (Lipinski definition) is 1. The van der Waals surface area contributed by atoms with Crippen molar-refractivity contribution < 1.29 is 14.6 Å². The molecule has 0 amide bonds. The van der Waals surface area contributed by atoms with Gasteiger partial charge in [0.2, 0.25) is 0 Å². The standard InChI is InChI=1S/C26H32BN3O4/c1-18-14-26(32)29(23-16-21(31)3-4-22(18)23)11-10-28-8-6-20(7-9-28)30(27)17-19-2-5-24-25(15-19)34-13-12-33-24/h2-5,14-16,20,31H,6-13,17,27H2,1H3. The van der Waals surface area contributed by atoms with Crippen LogP contribution in [0.15, 0.2) is 47.3 Å². The van der Waals surface area contributed by atoms with Gasteiger partial charge in [0.1, 0.15) is 19.0 Å². The molecular weight excluding hydrogens is 429 g/mol.